The molecule has 1 atom stereocenters. The van der Waals surface area contributed by atoms with Gasteiger partial charge < -0.3 is 14.7 Å². The number of thioether (sulfide) groups is 1. The molecule has 154 valence electrons. The summed E-state index contributed by atoms with van der Waals surface area (Å²) >= 11 is 1.09. The van der Waals surface area contributed by atoms with E-state index in [4.69, 9.17) is 4.74 Å². The third-order valence-electron chi connectivity index (χ3n) is 4.38. The van der Waals surface area contributed by atoms with E-state index >= 15 is 0 Å². The average molecular weight is 416 g/mol. The lowest BCUT2D eigenvalue weighted by Crippen LogP contribution is -2.41. The van der Waals surface area contributed by atoms with E-state index in [1.165, 1.54) is 31.1 Å². The number of methoxy groups -OCH3 is 1. The van der Waals surface area contributed by atoms with E-state index in [-0.39, 0.29) is 23.3 Å². The van der Waals surface area contributed by atoms with Crippen molar-refractivity contribution in [1.29, 1.82) is 0 Å². The van der Waals surface area contributed by atoms with Gasteiger partial charge in [-0.15, -0.1) is 0 Å². The van der Waals surface area contributed by atoms with E-state index in [9.17, 15) is 19.5 Å². The zero-order valence-corrected chi connectivity index (χ0v) is 17.4. The Morgan fingerprint density at radius 1 is 1.10 bits per heavy atom. The molecular formula is C22H25NO5S. The Kier molecular flexibility index (Phi) is 8.73. The highest BCUT2D eigenvalue weighted by molar-refractivity contribution is 8.13. The number of rotatable bonds is 9. The summed E-state index contributed by atoms with van der Waals surface area (Å²) in [6.07, 6.45) is 1.20. The van der Waals surface area contributed by atoms with Gasteiger partial charge in [0.05, 0.1) is 7.11 Å². The normalized spacial score (nSPS) is 11.5. The van der Waals surface area contributed by atoms with Crippen LogP contribution >= 0.6 is 11.8 Å². The first kappa shape index (κ1) is 22.5. The molecule has 0 saturated heterocycles. The summed E-state index contributed by atoms with van der Waals surface area (Å²) in [5.74, 6) is -1.02. The predicted molar refractivity (Wildman–Crippen MR) is 114 cm³/mol. The second-order valence-corrected chi connectivity index (χ2v) is 7.74. The SMILES string of the molecule is COC(=O)CN(C(=O)C(CCc1ccccc1)CSC(C)=O)c1cccc(O)c1. The number of hydrogen-bond donors (Lipinski definition) is 1. The Bertz CT molecular complexity index is 840. The molecular weight excluding hydrogens is 390 g/mol. The van der Waals surface area contributed by atoms with E-state index in [2.05, 4.69) is 0 Å². The minimum absolute atomic E-state index is 0.0101. The number of aryl methyl sites for hydroxylation is 1. The van der Waals surface area contributed by atoms with Crippen LogP contribution in [0.25, 0.3) is 0 Å². The van der Waals surface area contributed by atoms with Gasteiger partial charge in [0.15, 0.2) is 5.12 Å². The quantitative estimate of drug-likeness (QED) is 0.632. The molecule has 0 bridgehead atoms. The van der Waals surface area contributed by atoms with Gasteiger partial charge in [-0.1, -0.05) is 48.2 Å². The summed E-state index contributed by atoms with van der Waals surface area (Å²) in [6, 6.07) is 15.9. The second-order valence-electron chi connectivity index (χ2n) is 6.54. The highest BCUT2D eigenvalue weighted by Crippen LogP contribution is 2.25. The van der Waals surface area contributed by atoms with Gasteiger partial charge >= 0.3 is 5.97 Å². The van der Waals surface area contributed by atoms with E-state index < -0.39 is 11.9 Å². The molecule has 0 aromatic heterocycles. The minimum atomic E-state index is -0.567. The van der Waals surface area contributed by atoms with Crippen molar-refractivity contribution in [1.82, 2.24) is 0 Å². The minimum Gasteiger partial charge on any atom is -0.508 e. The van der Waals surface area contributed by atoms with E-state index in [1.807, 2.05) is 30.3 Å². The van der Waals surface area contributed by atoms with Gasteiger partial charge in [0.1, 0.15) is 12.3 Å². The standard InChI is InChI=1S/C22H25NO5S/c1-16(24)29-15-18(12-11-17-7-4-3-5-8-17)22(27)23(14-21(26)28-2)19-9-6-10-20(25)13-19/h3-10,13,18,25H,11-12,14-15H2,1-2H3. The maximum atomic E-state index is 13.4. The Hall–Kier alpha value is -2.80. The van der Waals surface area contributed by atoms with Crippen LogP contribution in [-0.2, 0) is 25.5 Å². The molecule has 2 aromatic carbocycles. The molecule has 2 aromatic rings. The number of anilines is 1. The average Bonchev–Trinajstić information content (AvgIpc) is 2.72. The fourth-order valence-electron chi connectivity index (χ4n) is 2.85. The van der Waals surface area contributed by atoms with Crippen molar-refractivity contribution in [3.05, 3.63) is 60.2 Å². The van der Waals surface area contributed by atoms with Gasteiger partial charge in [-0.25, -0.2) is 0 Å². The maximum absolute atomic E-state index is 13.4. The van der Waals surface area contributed by atoms with Gasteiger partial charge in [0.25, 0.3) is 0 Å². The third kappa shape index (κ3) is 7.27. The van der Waals surface area contributed by atoms with Crippen molar-refractivity contribution in [3.63, 3.8) is 0 Å². The van der Waals surface area contributed by atoms with Crippen LogP contribution in [-0.4, -0.2) is 41.5 Å². The van der Waals surface area contributed by atoms with E-state index in [0.717, 1.165) is 17.3 Å². The van der Waals surface area contributed by atoms with Crippen LogP contribution in [0.1, 0.15) is 18.9 Å². The van der Waals surface area contributed by atoms with Gasteiger partial charge in [0.2, 0.25) is 5.91 Å². The third-order valence-corrected chi connectivity index (χ3v) is 5.36. The zero-order valence-electron chi connectivity index (χ0n) is 16.5. The topological polar surface area (TPSA) is 83.9 Å². The monoisotopic (exact) mass is 415 g/mol. The number of phenolic OH excluding ortho intramolecular Hbond substituents is 1. The number of ether oxygens (including phenoxy) is 1. The molecule has 0 heterocycles. The van der Waals surface area contributed by atoms with E-state index in [0.29, 0.717) is 24.3 Å². The van der Waals surface area contributed by atoms with Gasteiger partial charge in [-0.2, -0.15) is 0 Å². The number of carbonyl (C=O) groups excluding carboxylic acids is 3. The number of aromatic hydroxyl groups is 1. The van der Waals surface area contributed by atoms with Crippen molar-refractivity contribution < 1.29 is 24.2 Å². The van der Waals surface area contributed by atoms with Crippen LogP contribution in [0.3, 0.4) is 0 Å². The summed E-state index contributed by atoms with van der Waals surface area (Å²) in [4.78, 5) is 38.1. The fraction of sp³-hybridized carbons (Fsp3) is 0.318. The molecule has 0 spiro atoms. The number of benzene rings is 2. The molecule has 1 N–H and O–H groups in total. The first-order valence-electron chi connectivity index (χ1n) is 9.25. The molecule has 7 heteroatoms. The van der Waals surface area contributed by atoms with Crippen molar-refractivity contribution in [2.45, 2.75) is 19.8 Å². The number of phenols is 1. The van der Waals surface area contributed by atoms with E-state index in [1.54, 1.807) is 12.1 Å². The van der Waals surface area contributed by atoms with Gasteiger partial charge in [0, 0.05) is 30.3 Å². The molecule has 2 rings (SSSR count). The van der Waals surface area contributed by atoms with Crippen LogP contribution in [0.2, 0.25) is 0 Å². The molecule has 0 radical (unpaired) electrons. The summed E-state index contributed by atoms with van der Waals surface area (Å²) in [5, 5.41) is 9.73. The van der Waals surface area contributed by atoms with Crippen molar-refractivity contribution in [2.75, 3.05) is 24.3 Å². The molecule has 0 aliphatic carbocycles. The highest BCUT2D eigenvalue weighted by Gasteiger charge is 2.28. The smallest absolute Gasteiger partial charge is 0.325 e. The number of carbonyl (C=O) groups is 3. The number of amides is 1. The molecule has 6 nitrogen and oxygen atoms in total. The Morgan fingerprint density at radius 2 is 1.83 bits per heavy atom. The second kappa shape index (κ2) is 11.3. The largest absolute Gasteiger partial charge is 0.508 e. The number of nitrogens with zero attached hydrogens (tertiary/aromatic N) is 1. The highest BCUT2D eigenvalue weighted by atomic mass is 32.2. The fourth-order valence-corrected chi connectivity index (χ4v) is 3.60. The Labute approximate surface area is 174 Å². The van der Waals surface area contributed by atoms with Crippen LogP contribution < -0.4 is 4.90 Å². The van der Waals surface area contributed by atoms with Crippen LogP contribution in [0.4, 0.5) is 5.69 Å². The van der Waals surface area contributed by atoms with Crippen LogP contribution in [0.15, 0.2) is 54.6 Å². The van der Waals surface area contributed by atoms with Crippen molar-refractivity contribution in [3.8, 4) is 5.75 Å². The first-order chi connectivity index (χ1) is 13.9. The number of hydrogen-bond acceptors (Lipinski definition) is 6. The molecule has 0 fully saturated rings. The zero-order chi connectivity index (χ0) is 21.2. The Balaban J connectivity index is 2.26. The molecule has 29 heavy (non-hydrogen) atoms. The van der Waals surface area contributed by atoms with Crippen LogP contribution in [0, 0.1) is 5.92 Å². The molecule has 0 aliphatic rings. The van der Waals surface area contributed by atoms with Crippen molar-refractivity contribution >= 4 is 34.4 Å². The lowest BCUT2D eigenvalue weighted by Gasteiger charge is -2.26. The van der Waals surface area contributed by atoms with Gasteiger partial charge in [-0.3, -0.25) is 14.4 Å². The molecule has 0 aliphatic heterocycles. The summed E-state index contributed by atoms with van der Waals surface area (Å²) < 4.78 is 4.74. The molecule has 0 saturated carbocycles. The number of esters is 1. The summed E-state index contributed by atoms with van der Waals surface area (Å²) in [7, 11) is 1.26. The van der Waals surface area contributed by atoms with Gasteiger partial charge in [-0.05, 0) is 30.5 Å². The van der Waals surface area contributed by atoms with Crippen LogP contribution in [0.5, 0.6) is 5.75 Å². The van der Waals surface area contributed by atoms with Crippen molar-refractivity contribution in [2.24, 2.45) is 5.92 Å². The lowest BCUT2D eigenvalue weighted by atomic mass is 9.99. The first-order valence-corrected chi connectivity index (χ1v) is 10.2. The Morgan fingerprint density at radius 3 is 2.45 bits per heavy atom. The lowest BCUT2D eigenvalue weighted by molar-refractivity contribution is -0.140. The predicted octanol–water partition coefficient (Wildman–Crippen LogP) is 3.43. The molecule has 1 amide bonds. The molecule has 1 unspecified atom stereocenters. The summed E-state index contributed by atoms with van der Waals surface area (Å²) in [6.45, 7) is 1.19. The maximum Gasteiger partial charge on any atom is 0.325 e. The summed E-state index contributed by atoms with van der Waals surface area (Å²) in [5.41, 5.74) is 1.49.